The van der Waals surface area contributed by atoms with Crippen LogP contribution in [0.1, 0.15) is 54.6 Å². The molecule has 174 valence electrons. The highest BCUT2D eigenvalue weighted by Gasteiger charge is 2.21. The van der Waals surface area contributed by atoms with Gasteiger partial charge in [-0.2, -0.15) is 0 Å². The number of nitrogens with two attached hydrogens (primary N) is 2. The summed E-state index contributed by atoms with van der Waals surface area (Å²) in [6, 6.07) is 0. The van der Waals surface area contributed by atoms with Crippen molar-refractivity contribution in [1.82, 2.24) is 20.3 Å². The van der Waals surface area contributed by atoms with Gasteiger partial charge in [0, 0.05) is 48.2 Å². The maximum atomic E-state index is 12.8. The molecule has 3 rings (SSSR count). The number of primary amides is 1. The SMILES string of the molecule is Cc1c(N)c[nH]c1C(=O)Nc1c[nH]c(C(=O)Nc2c[nH]c(C(=O)NCCC(N)=O)c2C)c1C. The van der Waals surface area contributed by atoms with Crippen LogP contribution in [0.5, 0.6) is 0 Å². The number of nitrogens with one attached hydrogen (secondary N) is 6. The summed E-state index contributed by atoms with van der Waals surface area (Å²) in [5, 5.41) is 8.06. The highest BCUT2D eigenvalue weighted by Crippen LogP contribution is 2.24. The summed E-state index contributed by atoms with van der Waals surface area (Å²) < 4.78 is 0. The van der Waals surface area contributed by atoms with Gasteiger partial charge >= 0.3 is 0 Å². The van der Waals surface area contributed by atoms with Gasteiger partial charge in [0.1, 0.15) is 17.1 Å². The van der Waals surface area contributed by atoms with E-state index in [1.165, 1.54) is 12.4 Å². The minimum atomic E-state index is -0.518. The second kappa shape index (κ2) is 9.34. The fourth-order valence-corrected chi connectivity index (χ4v) is 3.23. The Labute approximate surface area is 188 Å². The number of hydrogen-bond acceptors (Lipinski definition) is 5. The molecule has 0 fully saturated rings. The van der Waals surface area contributed by atoms with Gasteiger partial charge in [-0.3, -0.25) is 19.2 Å². The minimum Gasteiger partial charge on any atom is -0.397 e. The lowest BCUT2D eigenvalue weighted by Crippen LogP contribution is -2.28. The van der Waals surface area contributed by atoms with Crippen molar-refractivity contribution < 1.29 is 19.2 Å². The number of aromatic amines is 3. The molecule has 3 aromatic heterocycles. The Balaban J connectivity index is 1.68. The van der Waals surface area contributed by atoms with Gasteiger partial charge in [-0.25, -0.2) is 0 Å². The molecule has 0 radical (unpaired) electrons. The smallest absolute Gasteiger partial charge is 0.272 e. The van der Waals surface area contributed by atoms with Crippen LogP contribution in [-0.4, -0.2) is 45.1 Å². The lowest BCUT2D eigenvalue weighted by atomic mass is 10.2. The summed E-state index contributed by atoms with van der Waals surface area (Å²) in [6.45, 7) is 5.21. The monoisotopic (exact) mass is 454 g/mol. The zero-order valence-corrected chi connectivity index (χ0v) is 18.4. The van der Waals surface area contributed by atoms with E-state index in [4.69, 9.17) is 11.5 Å². The van der Waals surface area contributed by atoms with Crippen molar-refractivity contribution in [2.75, 3.05) is 22.9 Å². The van der Waals surface area contributed by atoms with E-state index in [1.807, 2.05) is 0 Å². The molecule has 10 N–H and O–H groups in total. The number of carbonyl (C=O) groups excluding carboxylic acids is 4. The number of rotatable bonds is 8. The van der Waals surface area contributed by atoms with Crippen LogP contribution >= 0.6 is 0 Å². The highest BCUT2D eigenvalue weighted by atomic mass is 16.2. The second-order valence-corrected chi connectivity index (χ2v) is 7.53. The molecule has 0 aliphatic carbocycles. The van der Waals surface area contributed by atoms with E-state index in [-0.39, 0.29) is 30.3 Å². The molecule has 33 heavy (non-hydrogen) atoms. The topological polar surface area (TPSA) is 204 Å². The third kappa shape index (κ3) is 4.89. The van der Waals surface area contributed by atoms with E-state index < -0.39 is 17.7 Å². The van der Waals surface area contributed by atoms with Crippen LogP contribution < -0.4 is 27.4 Å². The normalized spacial score (nSPS) is 10.6. The van der Waals surface area contributed by atoms with Crippen molar-refractivity contribution in [3.05, 3.63) is 52.4 Å². The van der Waals surface area contributed by atoms with Gasteiger partial charge in [-0.05, 0) is 20.8 Å². The number of nitrogen functional groups attached to an aromatic ring is 1. The van der Waals surface area contributed by atoms with Crippen molar-refractivity contribution in [2.45, 2.75) is 27.2 Å². The molecule has 3 aromatic rings. The van der Waals surface area contributed by atoms with Crippen LogP contribution in [0.2, 0.25) is 0 Å². The molecular weight excluding hydrogens is 428 g/mol. The van der Waals surface area contributed by atoms with E-state index in [9.17, 15) is 19.2 Å². The lowest BCUT2D eigenvalue weighted by Gasteiger charge is -2.07. The molecule has 0 spiro atoms. The fraction of sp³-hybridized carbons (Fsp3) is 0.238. The molecule has 0 atom stereocenters. The quantitative estimate of drug-likeness (QED) is 0.253. The Morgan fingerprint density at radius 3 is 1.67 bits per heavy atom. The summed E-state index contributed by atoms with van der Waals surface area (Å²) in [7, 11) is 0. The molecular formula is C21H26N8O4. The Bertz CT molecular complexity index is 1230. The van der Waals surface area contributed by atoms with Gasteiger partial charge in [0.05, 0.1) is 17.1 Å². The first-order valence-corrected chi connectivity index (χ1v) is 10.1. The van der Waals surface area contributed by atoms with Gasteiger partial charge in [-0.1, -0.05) is 0 Å². The zero-order chi connectivity index (χ0) is 24.3. The van der Waals surface area contributed by atoms with E-state index in [1.54, 1.807) is 27.0 Å². The molecule has 3 heterocycles. The Hall–Kier alpha value is -4.48. The molecule has 12 heteroatoms. The van der Waals surface area contributed by atoms with Gasteiger partial charge in [0.15, 0.2) is 0 Å². The summed E-state index contributed by atoms with van der Waals surface area (Å²) in [6.07, 6.45) is 4.58. The molecule has 12 nitrogen and oxygen atoms in total. The van der Waals surface area contributed by atoms with Crippen molar-refractivity contribution in [3.63, 3.8) is 0 Å². The lowest BCUT2D eigenvalue weighted by molar-refractivity contribution is -0.117. The second-order valence-electron chi connectivity index (χ2n) is 7.53. The van der Waals surface area contributed by atoms with Crippen LogP contribution in [0, 0.1) is 20.8 Å². The number of hydrogen-bond donors (Lipinski definition) is 8. The predicted molar refractivity (Wildman–Crippen MR) is 123 cm³/mol. The van der Waals surface area contributed by atoms with Crippen molar-refractivity contribution in [3.8, 4) is 0 Å². The first-order chi connectivity index (χ1) is 15.6. The highest BCUT2D eigenvalue weighted by molar-refractivity contribution is 6.09. The average molecular weight is 454 g/mol. The Morgan fingerprint density at radius 2 is 1.21 bits per heavy atom. The van der Waals surface area contributed by atoms with Gasteiger partial charge in [-0.15, -0.1) is 0 Å². The van der Waals surface area contributed by atoms with Crippen LogP contribution in [0.4, 0.5) is 17.1 Å². The van der Waals surface area contributed by atoms with Crippen LogP contribution in [0.25, 0.3) is 0 Å². The average Bonchev–Trinajstić information content (AvgIpc) is 3.40. The molecule has 0 saturated heterocycles. The zero-order valence-electron chi connectivity index (χ0n) is 18.4. The number of carbonyl (C=O) groups is 4. The van der Waals surface area contributed by atoms with Crippen molar-refractivity contribution in [1.29, 1.82) is 0 Å². The van der Waals surface area contributed by atoms with Gasteiger partial charge in [0.2, 0.25) is 5.91 Å². The molecule has 0 aliphatic heterocycles. The van der Waals surface area contributed by atoms with Gasteiger partial charge in [0.25, 0.3) is 17.7 Å². The first kappa shape index (κ1) is 23.2. The number of amides is 4. The standard InChI is InChI=1S/C21H26N8O4/c1-9-12(22)6-25-16(9)20(32)28-14-8-27-18(11(14)3)21(33)29-13-7-26-17(10(13)2)19(31)24-5-4-15(23)30/h6-8,25-27H,4-5,22H2,1-3H3,(H2,23,30)(H,24,31)(H,28,32)(H,29,33). The van der Waals surface area contributed by atoms with Gasteiger partial charge < -0.3 is 42.4 Å². The van der Waals surface area contributed by atoms with Crippen LogP contribution in [0.3, 0.4) is 0 Å². The van der Waals surface area contributed by atoms with E-state index in [2.05, 4.69) is 30.9 Å². The van der Waals surface area contributed by atoms with E-state index in [0.717, 1.165) is 0 Å². The predicted octanol–water partition coefficient (Wildman–Crippen LogP) is 1.29. The molecule has 0 aliphatic rings. The fourth-order valence-electron chi connectivity index (χ4n) is 3.23. The Kier molecular flexibility index (Phi) is 6.56. The maximum Gasteiger partial charge on any atom is 0.272 e. The van der Waals surface area contributed by atoms with Crippen LogP contribution in [0.15, 0.2) is 18.6 Å². The Morgan fingerprint density at radius 1 is 0.758 bits per heavy atom. The first-order valence-electron chi connectivity index (χ1n) is 10.1. The van der Waals surface area contributed by atoms with Crippen molar-refractivity contribution in [2.24, 2.45) is 5.73 Å². The summed E-state index contributed by atoms with van der Waals surface area (Å²) in [5.41, 5.74) is 14.7. The summed E-state index contributed by atoms with van der Waals surface area (Å²) >= 11 is 0. The van der Waals surface area contributed by atoms with E-state index >= 15 is 0 Å². The molecule has 0 aromatic carbocycles. The molecule has 4 amide bonds. The molecule has 0 bridgehead atoms. The number of anilines is 3. The maximum absolute atomic E-state index is 12.8. The number of H-pyrrole nitrogens is 3. The molecule has 0 unspecified atom stereocenters. The van der Waals surface area contributed by atoms with Crippen molar-refractivity contribution >= 4 is 40.7 Å². The third-order valence-electron chi connectivity index (χ3n) is 5.29. The molecule has 0 saturated carbocycles. The summed E-state index contributed by atoms with van der Waals surface area (Å²) in [4.78, 5) is 56.9. The van der Waals surface area contributed by atoms with Crippen LogP contribution in [-0.2, 0) is 4.79 Å². The minimum absolute atomic E-state index is 0.0247. The van der Waals surface area contributed by atoms with E-state index in [0.29, 0.717) is 39.4 Å². The summed E-state index contributed by atoms with van der Waals surface area (Å²) in [5.74, 6) is -1.77. The largest absolute Gasteiger partial charge is 0.397 e. The third-order valence-corrected chi connectivity index (χ3v) is 5.29. The number of aromatic nitrogens is 3.